The van der Waals surface area contributed by atoms with Crippen LogP contribution in [0, 0.1) is 5.82 Å². The number of carboxylic acid groups (broad SMARTS) is 1. The molecule has 0 atom stereocenters. The molecular weight excluding hydrogens is 315 g/mol. The number of carboxylic acids is 1. The summed E-state index contributed by atoms with van der Waals surface area (Å²) in [6.45, 7) is 4.02. The van der Waals surface area contributed by atoms with Crippen LogP contribution in [0.2, 0.25) is 0 Å². The van der Waals surface area contributed by atoms with Crippen molar-refractivity contribution >= 4 is 11.7 Å². The normalized spacial score (nSPS) is 9.83. The Morgan fingerprint density at radius 2 is 1.83 bits per heavy atom. The fourth-order valence-electron chi connectivity index (χ4n) is 2.08. The van der Waals surface area contributed by atoms with Crippen LogP contribution in [0.4, 0.5) is 10.1 Å². The highest BCUT2D eigenvalue weighted by atomic mass is 19.1. The predicted molar refractivity (Wildman–Crippen MR) is 88.3 cm³/mol. The molecule has 0 fully saturated rings. The molecule has 0 aliphatic rings. The summed E-state index contributed by atoms with van der Waals surface area (Å²) in [7, 11) is 0. The van der Waals surface area contributed by atoms with E-state index in [0.29, 0.717) is 18.7 Å². The van der Waals surface area contributed by atoms with Gasteiger partial charge in [0.15, 0.2) is 0 Å². The lowest BCUT2D eigenvalue weighted by molar-refractivity contribution is -0.134. The minimum absolute atomic E-state index is 0.0137. The van der Waals surface area contributed by atoms with Crippen molar-refractivity contribution in [2.45, 2.75) is 27.0 Å². The van der Waals surface area contributed by atoms with Crippen molar-refractivity contribution in [3.63, 3.8) is 0 Å². The van der Waals surface area contributed by atoms with Gasteiger partial charge < -0.3 is 20.2 Å². The van der Waals surface area contributed by atoms with Crippen LogP contribution in [-0.2, 0) is 17.9 Å². The molecule has 0 aliphatic carbocycles. The number of aliphatic hydroxyl groups is 1. The summed E-state index contributed by atoms with van der Waals surface area (Å²) in [4.78, 5) is 14.9. The van der Waals surface area contributed by atoms with Crippen LogP contribution < -0.4 is 4.90 Å². The monoisotopic (exact) mass is 336 g/mol. The Morgan fingerprint density at radius 3 is 2.33 bits per heavy atom. The van der Waals surface area contributed by atoms with E-state index < -0.39 is 5.97 Å². The number of pyridine rings is 1. The molecule has 0 amide bonds. The van der Waals surface area contributed by atoms with Gasteiger partial charge in [-0.3, -0.25) is 9.78 Å². The number of carbonyl (C=O) groups is 1. The maximum atomic E-state index is 13.0. The molecule has 0 unspecified atom stereocenters. The second-order valence-corrected chi connectivity index (χ2v) is 4.96. The highest BCUT2D eigenvalue weighted by Gasteiger charge is 2.12. The minimum Gasteiger partial charge on any atom is -0.506 e. The first kappa shape index (κ1) is 19.4. The van der Waals surface area contributed by atoms with E-state index in [2.05, 4.69) is 4.98 Å². The Kier molecular flexibility index (Phi) is 7.64. The average molecular weight is 336 g/mol. The van der Waals surface area contributed by atoms with Crippen molar-refractivity contribution in [3.8, 4) is 5.75 Å². The first-order valence-electron chi connectivity index (χ1n) is 7.34. The van der Waals surface area contributed by atoms with Gasteiger partial charge in [0, 0.05) is 37.5 Å². The van der Waals surface area contributed by atoms with E-state index in [1.165, 1.54) is 18.3 Å². The molecule has 1 heterocycles. The van der Waals surface area contributed by atoms with Crippen molar-refractivity contribution in [3.05, 3.63) is 53.6 Å². The van der Waals surface area contributed by atoms with Gasteiger partial charge in [0.1, 0.15) is 11.6 Å². The number of hydrogen-bond acceptors (Lipinski definition) is 5. The highest BCUT2D eigenvalue weighted by molar-refractivity contribution is 5.62. The van der Waals surface area contributed by atoms with Crippen LogP contribution in [0.5, 0.6) is 5.75 Å². The second-order valence-electron chi connectivity index (χ2n) is 4.96. The number of benzene rings is 1. The Morgan fingerprint density at radius 1 is 1.25 bits per heavy atom. The van der Waals surface area contributed by atoms with E-state index in [1.54, 1.807) is 18.3 Å². The fourth-order valence-corrected chi connectivity index (χ4v) is 2.08. The average Bonchev–Trinajstić information content (AvgIpc) is 2.53. The number of halogens is 1. The van der Waals surface area contributed by atoms with E-state index in [0.717, 1.165) is 18.2 Å². The van der Waals surface area contributed by atoms with Crippen LogP contribution in [-0.4, -0.2) is 32.8 Å². The SMILES string of the molecule is CC(=O)O.CCN(Cc1cncc(O)c1CO)c1ccc(F)cc1. The van der Waals surface area contributed by atoms with Gasteiger partial charge in [-0.15, -0.1) is 0 Å². The maximum absolute atomic E-state index is 13.0. The smallest absolute Gasteiger partial charge is 0.300 e. The van der Waals surface area contributed by atoms with Crippen LogP contribution >= 0.6 is 0 Å². The van der Waals surface area contributed by atoms with E-state index >= 15 is 0 Å². The lowest BCUT2D eigenvalue weighted by Gasteiger charge is -2.24. The van der Waals surface area contributed by atoms with Gasteiger partial charge in [-0.25, -0.2) is 4.39 Å². The molecule has 0 aliphatic heterocycles. The summed E-state index contributed by atoms with van der Waals surface area (Å²) >= 11 is 0. The Bertz CT molecular complexity index is 658. The quantitative estimate of drug-likeness (QED) is 0.777. The van der Waals surface area contributed by atoms with Crippen LogP contribution in [0.1, 0.15) is 25.0 Å². The van der Waals surface area contributed by atoms with Crippen LogP contribution in [0.3, 0.4) is 0 Å². The molecule has 0 saturated carbocycles. The number of aromatic hydroxyl groups is 1. The molecule has 0 spiro atoms. The standard InChI is InChI=1S/C15H17FN2O2.C2H4O2/c1-2-18(13-5-3-12(16)4-6-13)9-11-7-17-8-15(20)14(11)10-19;1-2(3)4/h3-8,19-20H,2,9-10H2,1H3;1H3,(H,3,4). The minimum atomic E-state index is -0.833. The van der Waals surface area contributed by atoms with Gasteiger partial charge in [-0.2, -0.15) is 0 Å². The Labute approximate surface area is 139 Å². The summed E-state index contributed by atoms with van der Waals surface area (Å²) in [6.07, 6.45) is 2.93. The number of hydrogen-bond donors (Lipinski definition) is 3. The molecule has 24 heavy (non-hydrogen) atoms. The molecule has 0 bridgehead atoms. The van der Waals surface area contributed by atoms with Crippen LogP contribution in [0.15, 0.2) is 36.7 Å². The van der Waals surface area contributed by atoms with Crippen molar-refractivity contribution in [2.24, 2.45) is 0 Å². The molecular formula is C17H21FN2O4. The lowest BCUT2D eigenvalue weighted by atomic mass is 10.1. The zero-order valence-electron chi connectivity index (χ0n) is 13.6. The van der Waals surface area contributed by atoms with Crippen molar-refractivity contribution < 1.29 is 24.5 Å². The van der Waals surface area contributed by atoms with E-state index in [1.807, 2.05) is 11.8 Å². The molecule has 7 heteroatoms. The first-order valence-corrected chi connectivity index (χ1v) is 7.34. The van der Waals surface area contributed by atoms with Crippen molar-refractivity contribution in [2.75, 3.05) is 11.4 Å². The maximum Gasteiger partial charge on any atom is 0.300 e. The third kappa shape index (κ3) is 5.85. The largest absolute Gasteiger partial charge is 0.506 e. The number of aliphatic carboxylic acids is 1. The van der Waals surface area contributed by atoms with Crippen molar-refractivity contribution in [1.29, 1.82) is 0 Å². The molecule has 3 N–H and O–H groups in total. The van der Waals surface area contributed by atoms with Gasteiger partial charge in [-0.05, 0) is 36.8 Å². The summed E-state index contributed by atoms with van der Waals surface area (Å²) in [6, 6.07) is 6.22. The topological polar surface area (TPSA) is 93.9 Å². The lowest BCUT2D eigenvalue weighted by Crippen LogP contribution is -2.22. The molecule has 0 saturated heterocycles. The predicted octanol–water partition coefficient (Wildman–Crippen LogP) is 2.54. The number of aromatic nitrogens is 1. The number of nitrogens with zero attached hydrogens (tertiary/aromatic N) is 2. The van der Waals surface area contributed by atoms with Crippen LogP contribution in [0.25, 0.3) is 0 Å². The van der Waals surface area contributed by atoms with Gasteiger partial charge >= 0.3 is 0 Å². The molecule has 0 radical (unpaired) electrons. The Balaban J connectivity index is 0.000000648. The summed E-state index contributed by atoms with van der Waals surface area (Å²) in [5, 5.41) is 26.4. The highest BCUT2D eigenvalue weighted by Crippen LogP contribution is 2.23. The molecule has 130 valence electrons. The molecule has 1 aromatic heterocycles. The first-order chi connectivity index (χ1) is 11.4. The Hall–Kier alpha value is -2.67. The van der Waals surface area contributed by atoms with Gasteiger partial charge in [0.2, 0.25) is 0 Å². The fraction of sp³-hybridized carbons (Fsp3) is 0.294. The zero-order chi connectivity index (χ0) is 18.1. The van der Waals surface area contributed by atoms with Gasteiger partial charge in [-0.1, -0.05) is 0 Å². The summed E-state index contributed by atoms with van der Waals surface area (Å²) in [5.74, 6) is -1.12. The summed E-state index contributed by atoms with van der Waals surface area (Å²) in [5.41, 5.74) is 2.10. The molecule has 2 rings (SSSR count). The summed E-state index contributed by atoms with van der Waals surface area (Å²) < 4.78 is 13.0. The van der Waals surface area contributed by atoms with Gasteiger partial charge in [0.05, 0.1) is 12.8 Å². The van der Waals surface area contributed by atoms with E-state index in [9.17, 15) is 14.6 Å². The number of rotatable bonds is 5. The van der Waals surface area contributed by atoms with E-state index in [4.69, 9.17) is 9.90 Å². The number of aliphatic hydroxyl groups excluding tert-OH is 1. The van der Waals surface area contributed by atoms with Crippen molar-refractivity contribution in [1.82, 2.24) is 4.98 Å². The third-order valence-electron chi connectivity index (χ3n) is 3.22. The second kappa shape index (κ2) is 9.46. The third-order valence-corrected chi connectivity index (χ3v) is 3.22. The van der Waals surface area contributed by atoms with E-state index in [-0.39, 0.29) is 18.2 Å². The molecule has 2 aromatic rings. The molecule has 6 nitrogen and oxygen atoms in total. The van der Waals surface area contributed by atoms with Gasteiger partial charge in [0.25, 0.3) is 5.97 Å². The molecule has 1 aromatic carbocycles. The number of anilines is 1. The zero-order valence-corrected chi connectivity index (χ0v) is 13.6.